The molecule has 0 aromatic heterocycles. The van der Waals surface area contributed by atoms with Crippen LogP contribution in [0.5, 0.6) is 0 Å². The number of benzene rings is 2. The Balaban J connectivity index is 1.94. The second-order valence-electron chi connectivity index (χ2n) is 6.44. The zero-order chi connectivity index (χ0) is 18.0. The van der Waals surface area contributed by atoms with E-state index in [2.05, 4.69) is 25.2 Å². The summed E-state index contributed by atoms with van der Waals surface area (Å²) in [7, 11) is 0. The van der Waals surface area contributed by atoms with Gasteiger partial charge in [-0.3, -0.25) is 14.5 Å². The summed E-state index contributed by atoms with van der Waals surface area (Å²) in [4.78, 5) is 25.7. The molecule has 1 atom stereocenters. The average Bonchev–Trinajstić information content (AvgIpc) is 2.96. The summed E-state index contributed by atoms with van der Waals surface area (Å²) >= 11 is 1.64. The molecule has 0 spiro atoms. The predicted molar refractivity (Wildman–Crippen MR) is 104 cm³/mol. The largest absolute Gasteiger partial charge is 0.326 e. The van der Waals surface area contributed by atoms with Crippen LogP contribution in [0.4, 0.5) is 11.4 Å². The highest BCUT2D eigenvalue weighted by Crippen LogP contribution is 2.44. The fourth-order valence-corrected chi connectivity index (χ4v) is 4.23. The highest BCUT2D eigenvalue weighted by molar-refractivity contribution is 8.00. The van der Waals surface area contributed by atoms with Crippen LogP contribution < -0.4 is 10.2 Å². The van der Waals surface area contributed by atoms with Crippen molar-refractivity contribution >= 4 is 35.0 Å². The number of para-hydroxylation sites is 1. The molecule has 0 saturated carbocycles. The summed E-state index contributed by atoms with van der Waals surface area (Å²) in [5, 5.41) is 2.73. The molecule has 5 heteroatoms. The van der Waals surface area contributed by atoms with Gasteiger partial charge in [0, 0.05) is 18.3 Å². The number of thioether (sulfide) groups is 1. The topological polar surface area (TPSA) is 49.4 Å². The third kappa shape index (κ3) is 3.71. The molecule has 0 aliphatic carbocycles. The first-order valence-electron chi connectivity index (χ1n) is 8.37. The number of hydrogen-bond acceptors (Lipinski definition) is 3. The lowest BCUT2D eigenvalue weighted by atomic mass is 10.00. The quantitative estimate of drug-likeness (QED) is 0.876. The van der Waals surface area contributed by atoms with E-state index in [1.165, 1.54) is 12.5 Å². The van der Waals surface area contributed by atoms with E-state index in [0.29, 0.717) is 11.7 Å². The van der Waals surface area contributed by atoms with E-state index in [0.717, 1.165) is 16.9 Å². The zero-order valence-electron chi connectivity index (χ0n) is 14.7. The van der Waals surface area contributed by atoms with Gasteiger partial charge in [-0.15, -0.1) is 11.8 Å². The van der Waals surface area contributed by atoms with Crippen LogP contribution in [0.25, 0.3) is 0 Å². The van der Waals surface area contributed by atoms with Crippen molar-refractivity contribution < 1.29 is 9.59 Å². The number of rotatable bonds is 4. The Kier molecular flexibility index (Phi) is 5.13. The average molecular weight is 354 g/mol. The number of amides is 2. The molecule has 1 saturated heterocycles. The highest BCUT2D eigenvalue weighted by atomic mass is 32.2. The van der Waals surface area contributed by atoms with Crippen molar-refractivity contribution in [3.8, 4) is 0 Å². The molecule has 2 aromatic rings. The van der Waals surface area contributed by atoms with Crippen molar-refractivity contribution in [3.63, 3.8) is 0 Å². The number of nitrogens with one attached hydrogen (secondary N) is 1. The second-order valence-corrected chi connectivity index (χ2v) is 7.51. The van der Waals surface area contributed by atoms with Crippen LogP contribution in [0, 0.1) is 0 Å². The fraction of sp³-hybridized carbons (Fsp3) is 0.300. The summed E-state index contributed by atoms with van der Waals surface area (Å²) < 4.78 is 0. The number of nitrogens with zero attached hydrogens (tertiary/aromatic N) is 1. The first-order chi connectivity index (χ1) is 12.0. The summed E-state index contributed by atoms with van der Waals surface area (Å²) in [6, 6.07) is 15.8. The van der Waals surface area contributed by atoms with Gasteiger partial charge < -0.3 is 5.32 Å². The van der Waals surface area contributed by atoms with E-state index in [4.69, 9.17) is 0 Å². The number of hydrogen-bond donors (Lipinski definition) is 1. The Bertz CT molecular complexity index is 787. The van der Waals surface area contributed by atoms with Gasteiger partial charge >= 0.3 is 0 Å². The lowest BCUT2D eigenvalue weighted by molar-refractivity contribution is -0.116. The van der Waals surface area contributed by atoms with Crippen molar-refractivity contribution in [2.45, 2.75) is 32.1 Å². The Morgan fingerprint density at radius 1 is 1.16 bits per heavy atom. The van der Waals surface area contributed by atoms with E-state index in [9.17, 15) is 9.59 Å². The molecule has 1 heterocycles. The van der Waals surface area contributed by atoms with Crippen molar-refractivity contribution in [3.05, 3.63) is 59.7 Å². The van der Waals surface area contributed by atoms with E-state index < -0.39 is 0 Å². The Hall–Kier alpha value is -2.27. The van der Waals surface area contributed by atoms with Crippen LogP contribution in [-0.2, 0) is 9.59 Å². The maximum atomic E-state index is 12.6. The Morgan fingerprint density at radius 2 is 1.84 bits per heavy atom. The smallest absolute Gasteiger partial charge is 0.238 e. The van der Waals surface area contributed by atoms with Gasteiger partial charge in [0.25, 0.3) is 0 Å². The number of carbonyl (C=O) groups excluding carboxylic acids is 2. The Labute approximate surface area is 152 Å². The third-order valence-corrected chi connectivity index (χ3v) is 5.41. The van der Waals surface area contributed by atoms with Gasteiger partial charge in [0.2, 0.25) is 11.8 Å². The lowest BCUT2D eigenvalue weighted by Gasteiger charge is -2.27. The third-order valence-electron chi connectivity index (χ3n) is 4.20. The molecule has 1 aliphatic heterocycles. The van der Waals surface area contributed by atoms with Gasteiger partial charge in [-0.25, -0.2) is 0 Å². The minimum Gasteiger partial charge on any atom is -0.326 e. The second kappa shape index (κ2) is 7.31. The van der Waals surface area contributed by atoms with E-state index >= 15 is 0 Å². The van der Waals surface area contributed by atoms with Crippen molar-refractivity contribution in [1.29, 1.82) is 0 Å². The van der Waals surface area contributed by atoms with E-state index in [1.807, 2.05) is 47.4 Å². The van der Waals surface area contributed by atoms with Gasteiger partial charge in [0.05, 0.1) is 5.75 Å². The summed E-state index contributed by atoms with van der Waals surface area (Å²) in [5.74, 6) is 0.863. The Morgan fingerprint density at radius 3 is 2.48 bits per heavy atom. The molecule has 3 rings (SSSR count). The standard InChI is InChI=1S/C20H22N2O2S/c1-13(2)17-6-4-5-7-18(17)22-19(24)12-25-20(22)15-8-10-16(11-9-15)21-14(3)23/h4-11,13,20H,12H2,1-3H3,(H,21,23)/t20-/m0/s1. The van der Waals surface area contributed by atoms with Crippen LogP contribution in [0.15, 0.2) is 48.5 Å². The fourth-order valence-electron chi connectivity index (χ4n) is 3.06. The molecule has 25 heavy (non-hydrogen) atoms. The molecule has 2 amide bonds. The highest BCUT2D eigenvalue weighted by Gasteiger charge is 2.35. The first kappa shape index (κ1) is 17.5. The molecule has 1 aliphatic rings. The van der Waals surface area contributed by atoms with Crippen molar-refractivity contribution in [2.75, 3.05) is 16.0 Å². The van der Waals surface area contributed by atoms with Crippen molar-refractivity contribution in [2.24, 2.45) is 0 Å². The molecule has 1 N–H and O–H groups in total. The molecule has 0 unspecified atom stereocenters. The van der Waals surface area contributed by atoms with Gasteiger partial charge in [0.15, 0.2) is 0 Å². The van der Waals surface area contributed by atoms with Crippen molar-refractivity contribution in [1.82, 2.24) is 0 Å². The van der Waals surface area contributed by atoms with Crippen LogP contribution in [-0.4, -0.2) is 17.6 Å². The van der Waals surface area contributed by atoms with Gasteiger partial charge in [-0.05, 0) is 35.2 Å². The SMILES string of the molecule is CC(=O)Nc1ccc([C@@H]2SCC(=O)N2c2ccccc2C(C)C)cc1. The minimum atomic E-state index is -0.0920. The maximum absolute atomic E-state index is 12.6. The molecule has 1 fully saturated rings. The summed E-state index contributed by atoms with van der Waals surface area (Å²) in [5.41, 5.74) is 3.99. The predicted octanol–water partition coefficient (Wildman–Crippen LogP) is 4.55. The van der Waals surface area contributed by atoms with Crippen LogP contribution in [0.2, 0.25) is 0 Å². The molecule has 2 aromatic carbocycles. The molecule has 0 radical (unpaired) electrons. The summed E-state index contributed by atoms with van der Waals surface area (Å²) in [6.45, 7) is 5.78. The first-order valence-corrected chi connectivity index (χ1v) is 9.42. The minimum absolute atomic E-state index is 0.0428. The van der Waals surface area contributed by atoms with E-state index in [-0.39, 0.29) is 17.2 Å². The normalized spacial score (nSPS) is 17.2. The van der Waals surface area contributed by atoms with Gasteiger partial charge in [-0.1, -0.05) is 44.2 Å². The monoisotopic (exact) mass is 354 g/mol. The van der Waals surface area contributed by atoms with Gasteiger partial charge in [-0.2, -0.15) is 0 Å². The molecule has 4 nitrogen and oxygen atoms in total. The number of anilines is 2. The maximum Gasteiger partial charge on any atom is 0.238 e. The van der Waals surface area contributed by atoms with Crippen LogP contribution in [0.1, 0.15) is 43.2 Å². The summed E-state index contributed by atoms with van der Waals surface area (Å²) in [6.07, 6.45) is 0. The van der Waals surface area contributed by atoms with Crippen LogP contribution >= 0.6 is 11.8 Å². The molecular formula is C20H22N2O2S. The zero-order valence-corrected chi connectivity index (χ0v) is 15.5. The van der Waals surface area contributed by atoms with E-state index in [1.54, 1.807) is 11.8 Å². The number of carbonyl (C=O) groups is 2. The molecule has 0 bridgehead atoms. The van der Waals surface area contributed by atoms with Gasteiger partial charge in [0.1, 0.15) is 5.37 Å². The lowest BCUT2D eigenvalue weighted by Crippen LogP contribution is -2.29. The molecule has 130 valence electrons. The molecular weight excluding hydrogens is 332 g/mol. The van der Waals surface area contributed by atoms with Crippen LogP contribution in [0.3, 0.4) is 0 Å².